The molecule has 0 aliphatic heterocycles. The van der Waals surface area contributed by atoms with Crippen LogP contribution in [0.3, 0.4) is 0 Å². The molecule has 2 aromatic rings. The van der Waals surface area contributed by atoms with Crippen LogP contribution in [-0.2, 0) is 6.61 Å². The predicted octanol–water partition coefficient (Wildman–Crippen LogP) is 3.29. The van der Waals surface area contributed by atoms with E-state index in [4.69, 9.17) is 9.84 Å². The topological polar surface area (TPSA) is 41.8 Å². The highest BCUT2D eigenvalue weighted by Crippen LogP contribution is 2.15. The molecule has 0 fully saturated rings. The Balaban J connectivity index is 1.92. The van der Waals surface area contributed by atoms with Crippen molar-refractivity contribution in [3.8, 4) is 5.75 Å². The molecule has 3 nitrogen and oxygen atoms in total. The molecule has 21 heavy (non-hydrogen) atoms. The van der Waals surface area contributed by atoms with Gasteiger partial charge in [0.1, 0.15) is 12.4 Å². The zero-order chi connectivity index (χ0) is 15.1. The lowest BCUT2D eigenvalue weighted by molar-refractivity contribution is 0.306. The molecule has 3 heteroatoms. The molecule has 0 atom stereocenters. The molecular formula is C18H21NO2. The number of hydrogen-bond donors (Lipinski definition) is 1. The van der Waals surface area contributed by atoms with Gasteiger partial charge in [0.25, 0.3) is 0 Å². The molecule has 0 bridgehead atoms. The van der Waals surface area contributed by atoms with Gasteiger partial charge in [0, 0.05) is 6.21 Å². The van der Waals surface area contributed by atoms with Crippen LogP contribution < -0.4 is 4.74 Å². The molecule has 0 aliphatic carbocycles. The summed E-state index contributed by atoms with van der Waals surface area (Å²) in [5.74, 6) is 0.840. The monoisotopic (exact) mass is 283 g/mol. The second-order valence-electron chi connectivity index (χ2n) is 5.04. The van der Waals surface area contributed by atoms with Crippen LogP contribution in [-0.4, -0.2) is 24.5 Å². The van der Waals surface area contributed by atoms with Gasteiger partial charge in [-0.1, -0.05) is 18.2 Å². The van der Waals surface area contributed by atoms with Crippen LogP contribution >= 0.6 is 0 Å². The van der Waals surface area contributed by atoms with Gasteiger partial charge in [0.2, 0.25) is 0 Å². The molecule has 2 rings (SSSR count). The maximum atomic E-state index is 8.67. The van der Waals surface area contributed by atoms with Crippen LogP contribution in [0, 0.1) is 13.8 Å². The summed E-state index contributed by atoms with van der Waals surface area (Å²) in [6.45, 7) is 5.30. The Hall–Kier alpha value is -2.13. The predicted molar refractivity (Wildman–Crippen MR) is 86.2 cm³/mol. The van der Waals surface area contributed by atoms with E-state index in [0.29, 0.717) is 13.2 Å². The highest BCUT2D eigenvalue weighted by Gasteiger charge is 1.99. The van der Waals surface area contributed by atoms with Crippen LogP contribution in [0.2, 0.25) is 0 Å². The van der Waals surface area contributed by atoms with E-state index in [1.54, 1.807) is 6.21 Å². The molecule has 0 spiro atoms. The van der Waals surface area contributed by atoms with Gasteiger partial charge in [-0.05, 0) is 60.4 Å². The van der Waals surface area contributed by atoms with Gasteiger partial charge < -0.3 is 9.84 Å². The fourth-order valence-corrected chi connectivity index (χ4v) is 1.94. The lowest BCUT2D eigenvalue weighted by atomic mass is 10.1. The lowest BCUT2D eigenvalue weighted by Crippen LogP contribution is -1.97. The molecule has 110 valence electrons. The summed E-state index contributed by atoms with van der Waals surface area (Å²) in [5, 5.41) is 8.67. The SMILES string of the molecule is Cc1ccc(COc2ccc(/C=N/CCO)cc2)cc1C. The normalized spacial score (nSPS) is 11.0. The maximum Gasteiger partial charge on any atom is 0.119 e. The van der Waals surface area contributed by atoms with E-state index in [1.807, 2.05) is 24.3 Å². The Bertz CT molecular complexity index is 603. The number of aryl methyl sites for hydroxylation is 2. The summed E-state index contributed by atoms with van der Waals surface area (Å²) in [6.07, 6.45) is 1.75. The molecule has 0 aliphatic rings. The minimum Gasteiger partial charge on any atom is -0.489 e. The number of aliphatic hydroxyl groups excluding tert-OH is 1. The zero-order valence-electron chi connectivity index (χ0n) is 12.5. The van der Waals surface area contributed by atoms with Gasteiger partial charge in [-0.2, -0.15) is 0 Å². The number of aliphatic imine (C=N–C) groups is 1. The standard InChI is InChI=1S/C18H21NO2/c1-14-3-4-17(11-15(14)2)13-21-18-7-5-16(6-8-18)12-19-9-10-20/h3-8,11-12,20H,9-10,13H2,1-2H3/b19-12+. The molecule has 0 saturated carbocycles. The number of aliphatic hydroxyl groups is 1. The van der Waals surface area contributed by atoms with Crippen LogP contribution in [0.5, 0.6) is 5.75 Å². The number of nitrogens with zero attached hydrogens (tertiary/aromatic N) is 1. The highest BCUT2D eigenvalue weighted by atomic mass is 16.5. The fraction of sp³-hybridized carbons (Fsp3) is 0.278. The van der Waals surface area contributed by atoms with Crippen molar-refractivity contribution in [3.05, 3.63) is 64.7 Å². The first-order valence-corrected chi connectivity index (χ1v) is 7.09. The molecule has 1 N–H and O–H groups in total. The summed E-state index contributed by atoms with van der Waals surface area (Å²) in [7, 11) is 0. The third kappa shape index (κ3) is 4.72. The second kappa shape index (κ2) is 7.60. The average Bonchev–Trinajstić information content (AvgIpc) is 2.50. The van der Waals surface area contributed by atoms with Crippen molar-refractivity contribution in [2.45, 2.75) is 20.5 Å². The Morgan fingerprint density at radius 1 is 1.05 bits per heavy atom. The number of rotatable bonds is 6. The van der Waals surface area contributed by atoms with Gasteiger partial charge in [-0.25, -0.2) is 0 Å². The Morgan fingerprint density at radius 2 is 1.81 bits per heavy atom. The van der Waals surface area contributed by atoms with Crippen molar-refractivity contribution in [2.24, 2.45) is 4.99 Å². The Morgan fingerprint density at radius 3 is 2.48 bits per heavy atom. The summed E-state index contributed by atoms with van der Waals surface area (Å²) >= 11 is 0. The van der Waals surface area contributed by atoms with Gasteiger partial charge in [0.05, 0.1) is 13.2 Å². The van der Waals surface area contributed by atoms with Crippen LogP contribution in [0.25, 0.3) is 0 Å². The molecule has 0 saturated heterocycles. The lowest BCUT2D eigenvalue weighted by Gasteiger charge is -2.08. The summed E-state index contributed by atoms with van der Waals surface area (Å²) < 4.78 is 5.78. The van der Waals surface area contributed by atoms with Crippen LogP contribution in [0.4, 0.5) is 0 Å². The average molecular weight is 283 g/mol. The van der Waals surface area contributed by atoms with Gasteiger partial charge >= 0.3 is 0 Å². The van der Waals surface area contributed by atoms with Crippen molar-refractivity contribution >= 4 is 6.21 Å². The number of ether oxygens (including phenoxy) is 1. The second-order valence-corrected chi connectivity index (χ2v) is 5.04. The van der Waals surface area contributed by atoms with Crippen molar-refractivity contribution < 1.29 is 9.84 Å². The first-order valence-electron chi connectivity index (χ1n) is 7.09. The van der Waals surface area contributed by atoms with Crippen molar-refractivity contribution in [2.75, 3.05) is 13.2 Å². The van der Waals surface area contributed by atoms with E-state index in [-0.39, 0.29) is 6.61 Å². The van der Waals surface area contributed by atoms with E-state index >= 15 is 0 Å². The quantitative estimate of drug-likeness (QED) is 0.827. The van der Waals surface area contributed by atoms with Gasteiger partial charge in [0.15, 0.2) is 0 Å². The molecule has 0 heterocycles. The third-order valence-electron chi connectivity index (χ3n) is 3.33. The van der Waals surface area contributed by atoms with E-state index in [0.717, 1.165) is 11.3 Å². The Kier molecular flexibility index (Phi) is 5.52. The van der Waals surface area contributed by atoms with Crippen LogP contribution in [0.15, 0.2) is 47.5 Å². The summed E-state index contributed by atoms with van der Waals surface area (Å²) in [6, 6.07) is 14.1. The smallest absolute Gasteiger partial charge is 0.119 e. The van der Waals surface area contributed by atoms with E-state index in [2.05, 4.69) is 37.0 Å². The van der Waals surface area contributed by atoms with Crippen molar-refractivity contribution in [1.82, 2.24) is 0 Å². The van der Waals surface area contributed by atoms with Gasteiger partial charge in [-0.15, -0.1) is 0 Å². The molecule has 2 aromatic carbocycles. The largest absolute Gasteiger partial charge is 0.489 e. The third-order valence-corrected chi connectivity index (χ3v) is 3.33. The van der Waals surface area contributed by atoms with Gasteiger partial charge in [-0.3, -0.25) is 4.99 Å². The van der Waals surface area contributed by atoms with Crippen molar-refractivity contribution in [1.29, 1.82) is 0 Å². The van der Waals surface area contributed by atoms with Crippen LogP contribution in [0.1, 0.15) is 22.3 Å². The number of hydrogen-bond acceptors (Lipinski definition) is 3. The summed E-state index contributed by atoms with van der Waals surface area (Å²) in [4.78, 5) is 4.09. The molecule has 0 radical (unpaired) electrons. The molecule has 0 unspecified atom stereocenters. The molecular weight excluding hydrogens is 262 g/mol. The molecule has 0 aromatic heterocycles. The maximum absolute atomic E-state index is 8.67. The molecule has 0 amide bonds. The van der Waals surface area contributed by atoms with E-state index in [9.17, 15) is 0 Å². The highest BCUT2D eigenvalue weighted by molar-refractivity contribution is 5.79. The van der Waals surface area contributed by atoms with E-state index < -0.39 is 0 Å². The number of benzene rings is 2. The first kappa shape index (κ1) is 15.3. The zero-order valence-corrected chi connectivity index (χ0v) is 12.5. The first-order chi connectivity index (χ1) is 10.2. The Labute approximate surface area is 125 Å². The minimum absolute atomic E-state index is 0.0770. The minimum atomic E-state index is 0.0770. The van der Waals surface area contributed by atoms with E-state index in [1.165, 1.54) is 16.7 Å². The summed E-state index contributed by atoms with van der Waals surface area (Å²) in [5.41, 5.74) is 4.76. The fourth-order valence-electron chi connectivity index (χ4n) is 1.94. The van der Waals surface area contributed by atoms with Crippen molar-refractivity contribution in [3.63, 3.8) is 0 Å².